The Morgan fingerprint density at radius 3 is 2.78 bits per heavy atom. The summed E-state index contributed by atoms with van der Waals surface area (Å²) in [6.07, 6.45) is 6.14. The molecule has 1 N–H and O–H groups in total. The maximum absolute atomic E-state index is 12.1. The number of hydrogen-bond acceptors (Lipinski definition) is 7. The molecule has 27 heavy (non-hydrogen) atoms. The molecule has 0 bridgehead atoms. The van der Waals surface area contributed by atoms with E-state index in [9.17, 15) is 22.8 Å². The fourth-order valence-electron chi connectivity index (χ4n) is 2.45. The van der Waals surface area contributed by atoms with Crippen LogP contribution in [0.15, 0.2) is 28.3 Å². The molecule has 0 aromatic carbocycles. The van der Waals surface area contributed by atoms with Crippen molar-refractivity contribution in [3.63, 3.8) is 0 Å². The third-order valence-corrected chi connectivity index (χ3v) is 5.30. The maximum atomic E-state index is 12.1. The van der Waals surface area contributed by atoms with Crippen LogP contribution in [0, 0.1) is 0 Å². The SMILES string of the molecule is CN(CC(=O)NC1CC1)C(=O)COC(=O)C1=CN2CCS(=O)(=O)N=C2C=C1. The molecule has 0 radical (unpaired) electrons. The van der Waals surface area contributed by atoms with Crippen LogP contribution in [-0.2, 0) is 29.1 Å². The van der Waals surface area contributed by atoms with E-state index in [2.05, 4.69) is 9.71 Å². The first kappa shape index (κ1) is 19.1. The van der Waals surface area contributed by atoms with E-state index in [1.165, 1.54) is 35.2 Å². The van der Waals surface area contributed by atoms with Crippen molar-refractivity contribution < 1.29 is 27.5 Å². The highest BCUT2D eigenvalue weighted by Gasteiger charge is 2.26. The topological polar surface area (TPSA) is 125 Å². The van der Waals surface area contributed by atoms with Gasteiger partial charge >= 0.3 is 5.97 Å². The number of fused-ring (bicyclic) bond motifs is 1. The lowest BCUT2D eigenvalue weighted by molar-refractivity contribution is -0.148. The molecule has 2 aliphatic heterocycles. The Morgan fingerprint density at radius 1 is 1.33 bits per heavy atom. The molecule has 3 rings (SSSR count). The molecule has 2 amide bonds. The average Bonchev–Trinajstić information content (AvgIpc) is 3.41. The van der Waals surface area contributed by atoms with E-state index in [1.54, 1.807) is 0 Å². The highest BCUT2D eigenvalue weighted by Crippen LogP contribution is 2.18. The second kappa shape index (κ2) is 7.51. The molecule has 0 aromatic heterocycles. The average molecular weight is 396 g/mol. The summed E-state index contributed by atoms with van der Waals surface area (Å²) in [6, 6.07) is 0.210. The van der Waals surface area contributed by atoms with Crippen molar-refractivity contribution in [2.75, 3.05) is 32.5 Å². The lowest BCUT2D eigenvalue weighted by Gasteiger charge is -2.26. The van der Waals surface area contributed by atoms with Crippen LogP contribution in [0.1, 0.15) is 12.8 Å². The first-order chi connectivity index (χ1) is 12.7. The number of carbonyl (C=O) groups is 3. The summed E-state index contributed by atoms with van der Waals surface area (Å²) in [7, 11) is -2.01. The standard InChI is InChI=1S/C16H20N4O6S/c1-19(9-14(21)17-12-3-4-12)15(22)10-26-16(23)11-2-5-13-18-27(24,25)7-6-20(13)8-11/h2,5,8,12H,3-4,6-7,9-10H2,1H3,(H,17,21). The Bertz CT molecular complexity index is 856. The summed E-state index contributed by atoms with van der Waals surface area (Å²) < 4.78 is 31.5. The summed E-state index contributed by atoms with van der Waals surface area (Å²) >= 11 is 0. The molecule has 1 saturated carbocycles. The zero-order valence-electron chi connectivity index (χ0n) is 14.8. The number of likely N-dealkylation sites (N-methyl/N-ethyl adjacent to an activating group) is 1. The summed E-state index contributed by atoms with van der Waals surface area (Å²) in [6.45, 7) is -0.413. The van der Waals surface area contributed by atoms with E-state index in [0.717, 1.165) is 12.8 Å². The molecule has 3 aliphatic rings. The summed E-state index contributed by atoms with van der Waals surface area (Å²) in [5, 5.41) is 2.77. The zero-order chi connectivity index (χ0) is 19.6. The number of hydrogen-bond donors (Lipinski definition) is 1. The number of nitrogens with zero attached hydrogens (tertiary/aromatic N) is 3. The maximum Gasteiger partial charge on any atom is 0.340 e. The summed E-state index contributed by atoms with van der Waals surface area (Å²) in [5.74, 6) is -1.38. The van der Waals surface area contributed by atoms with Crippen molar-refractivity contribution in [2.45, 2.75) is 18.9 Å². The van der Waals surface area contributed by atoms with Gasteiger partial charge in [-0.1, -0.05) is 0 Å². The molecule has 2 heterocycles. The monoisotopic (exact) mass is 396 g/mol. The molecule has 11 heteroatoms. The van der Waals surface area contributed by atoms with E-state index in [0.29, 0.717) is 0 Å². The minimum atomic E-state index is -3.47. The minimum absolute atomic E-state index is 0.0996. The second-order valence-electron chi connectivity index (χ2n) is 6.51. The van der Waals surface area contributed by atoms with Gasteiger partial charge in [-0.3, -0.25) is 9.59 Å². The van der Waals surface area contributed by atoms with Crippen LogP contribution in [0.2, 0.25) is 0 Å². The number of amides is 2. The van der Waals surface area contributed by atoms with Gasteiger partial charge in [-0.2, -0.15) is 0 Å². The normalized spacial score (nSPS) is 20.1. The van der Waals surface area contributed by atoms with E-state index in [-0.39, 0.29) is 42.2 Å². The number of amidine groups is 1. The van der Waals surface area contributed by atoms with E-state index in [4.69, 9.17) is 4.74 Å². The Balaban J connectivity index is 1.49. The van der Waals surface area contributed by atoms with E-state index >= 15 is 0 Å². The number of ether oxygens (including phenoxy) is 1. The highest BCUT2D eigenvalue weighted by molar-refractivity contribution is 7.90. The molecule has 0 saturated heterocycles. The van der Waals surface area contributed by atoms with Crippen LogP contribution in [0.25, 0.3) is 0 Å². The lowest BCUT2D eigenvalue weighted by Crippen LogP contribution is -2.41. The number of rotatable bonds is 6. The highest BCUT2D eigenvalue weighted by atomic mass is 32.2. The third kappa shape index (κ3) is 5.16. The molecule has 1 aliphatic carbocycles. The molecule has 10 nitrogen and oxygen atoms in total. The fraction of sp³-hybridized carbons (Fsp3) is 0.500. The van der Waals surface area contributed by atoms with Gasteiger partial charge in [0.05, 0.1) is 17.9 Å². The smallest absolute Gasteiger partial charge is 0.340 e. The molecule has 1 fully saturated rings. The summed E-state index contributed by atoms with van der Waals surface area (Å²) in [4.78, 5) is 38.5. The van der Waals surface area contributed by atoms with Crippen molar-refractivity contribution in [1.29, 1.82) is 0 Å². The van der Waals surface area contributed by atoms with Gasteiger partial charge < -0.3 is 19.9 Å². The Morgan fingerprint density at radius 2 is 2.07 bits per heavy atom. The predicted octanol–water partition coefficient (Wildman–Crippen LogP) is -1.24. The van der Waals surface area contributed by atoms with Crippen molar-refractivity contribution in [3.8, 4) is 0 Å². The number of esters is 1. The summed E-state index contributed by atoms with van der Waals surface area (Å²) in [5.41, 5.74) is 0.176. The van der Waals surface area contributed by atoms with Crippen LogP contribution in [0.4, 0.5) is 0 Å². The molecule has 0 unspecified atom stereocenters. The number of sulfonamides is 1. The van der Waals surface area contributed by atoms with Gasteiger partial charge in [0, 0.05) is 25.8 Å². The third-order valence-electron chi connectivity index (χ3n) is 4.14. The minimum Gasteiger partial charge on any atom is -0.452 e. The molecular formula is C16H20N4O6S. The predicted molar refractivity (Wildman–Crippen MR) is 94.9 cm³/mol. The van der Waals surface area contributed by atoms with Crippen molar-refractivity contribution >= 4 is 33.6 Å². The first-order valence-electron chi connectivity index (χ1n) is 8.43. The van der Waals surface area contributed by atoms with Gasteiger partial charge in [-0.25, -0.2) is 13.2 Å². The Labute approximate surface area is 156 Å². The quantitative estimate of drug-likeness (QED) is 0.557. The molecule has 0 atom stereocenters. The van der Waals surface area contributed by atoms with E-state index < -0.39 is 28.5 Å². The van der Waals surface area contributed by atoms with Crippen molar-refractivity contribution in [2.24, 2.45) is 4.40 Å². The van der Waals surface area contributed by atoms with Gasteiger partial charge in [-0.15, -0.1) is 4.40 Å². The molecule has 0 aromatic rings. The zero-order valence-corrected chi connectivity index (χ0v) is 15.6. The second-order valence-corrected chi connectivity index (χ2v) is 8.27. The lowest BCUT2D eigenvalue weighted by atomic mass is 10.2. The fourth-order valence-corrected chi connectivity index (χ4v) is 3.42. The van der Waals surface area contributed by atoms with Gasteiger partial charge in [0.1, 0.15) is 5.84 Å². The molecular weight excluding hydrogens is 376 g/mol. The molecule has 0 spiro atoms. The van der Waals surface area contributed by atoms with Crippen molar-refractivity contribution in [1.82, 2.24) is 15.1 Å². The van der Waals surface area contributed by atoms with Gasteiger partial charge in [0.25, 0.3) is 15.9 Å². The number of nitrogens with one attached hydrogen (secondary N) is 1. The van der Waals surface area contributed by atoms with Crippen LogP contribution in [0.3, 0.4) is 0 Å². The van der Waals surface area contributed by atoms with Crippen LogP contribution < -0.4 is 5.32 Å². The van der Waals surface area contributed by atoms with Crippen molar-refractivity contribution in [3.05, 3.63) is 23.9 Å². The Kier molecular flexibility index (Phi) is 5.31. The van der Waals surface area contributed by atoms with Crippen LogP contribution >= 0.6 is 0 Å². The van der Waals surface area contributed by atoms with Gasteiger partial charge in [0.2, 0.25) is 5.91 Å². The van der Waals surface area contributed by atoms with E-state index in [1.807, 2.05) is 0 Å². The number of carbonyl (C=O) groups excluding carboxylic acids is 3. The van der Waals surface area contributed by atoms with Crippen LogP contribution in [-0.4, -0.2) is 80.4 Å². The first-order valence-corrected chi connectivity index (χ1v) is 10.0. The van der Waals surface area contributed by atoms with Crippen LogP contribution in [0.5, 0.6) is 0 Å². The Hall–Kier alpha value is -2.69. The van der Waals surface area contributed by atoms with Gasteiger partial charge in [-0.05, 0) is 25.0 Å². The largest absolute Gasteiger partial charge is 0.452 e. The molecule has 146 valence electrons. The van der Waals surface area contributed by atoms with Gasteiger partial charge in [0.15, 0.2) is 6.61 Å².